The maximum absolute atomic E-state index is 13.3. The summed E-state index contributed by atoms with van der Waals surface area (Å²) in [5.41, 5.74) is -0.321. The van der Waals surface area contributed by atoms with Crippen LogP contribution >= 0.6 is 0 Å². The molecule has 0 atom stereocenters. The number of ether oxygens (including phenoxy) is 1. The number of nitro groups is 1. The first-order valence-electron chi connectivity index (χ1n) is 5.07. The van der Waals surface area contributed by atoms with Crippen LogP contribution in [0.5, 0.6) is 5.75 Å². The van der Waals surface area contributed by atoms with E-state index in [4.69, 9.17) is 4.74 Å². The second-order valence-electron chi connectivity index (χ2n) is 3.53. The number of hydrogen-bond donors (Lipinski definition) is 0. The van der Waals surface area contributed by atoms with E-state index in [-0.39, 0.29) is 23.8 Å². The summed E-state index contributed by atoms with van der Waals surface area (Å²) in [6.07, 6.45) is 0.861. The zero-order valence-corrected chi connectivity index (χ0v) is 9.31. The van der Waals surface area contributed by atoms with Crippen LogP contribution in [0.4, 0.5) is 10.1 Å². The molecule has 0 spiro atoms. The van der Waals surface area contributed by atoms with Gasteiger partial charge in [-0.3, -0.25) is 10.1 Å². The van der Waals surface area contributed by atoms with Gasteiger partial charge in [0.25, 0.3) is 5.69 Å². The molecule has 0 aliphatic heterocycles. The largest absolute Gasteiger partial charge is 0.490 e. The number of nitro benzene ring substituents is 1. The lowest BCUT2D eigenvalue weighted by molar-refractivity contribution is -0.385. The van der Waals surface area contributed by atoms with E-state index < -0.39 is 10.7 Å². The first-order valence-corrected chi connectivity index (χ1v) is 5.07. The maximum Gasteiger partial charge on any atom is 0.272 e. The van der Waals surface area contributed by atoms with Gasteiger partial charge in [-0.25, -0.2) is 4.39 Å². The standard InChI is InChI=1S/C11H12FNO4/c1-8(14)3-2-6-17-11-5-4-9(13(15)16)7-10(11)12/h4-5,7H,2-3,6H2,1H3. The minimum atomic E-state index is -0.776. The Morgan fingerprint density at radius 3 is 2.76 bits per heavy atom. The number of carbonyl (C=O) groups is 1. The summed E-state index contributed by atoms with van der Waals surface area (Å²) in [5.74, 6) is -0.779. The summed E-state index contributed by atoms with van der Waals surface area (Å²) in [5, 5.41) is 10.4. The van der Waals surface area contributed by atoms with E-state index in [1.807, 2.05) is 0 Å². The minimum Gasteiger partial charge on any atom is -0.490 e. The highest BCUT2D eigenvalue weighted by molar-refractivity contribution is 5.75. The van der Waals surface area contributed by atoms with Gasteiger partial charge < -0.3 is 9.53 Å². The van der Waals surface area contributed by atoms with E-state index in [1.54, 1.807) is 0 Å². The fourth-order valence-corrected chi connectivity index (χ4v) is 1.22. The third-order valence-corrected chi connectivity index (χ3v) is 2.06. The highest BCUT2D eigenvalue weighted by Crippen LogP contribution is 2.22. The molecule has 0 heterocycles. The Labute approximate surface area is 97.3 Å². The molecule has 5 nitrogen and oxygen atoms in total. The summed E-state index contributed by atoms with van der Waals surface area (Å²) in [4.78, 5) is 20.3. The molecular formula is C11H12FNO4. The van der Waals surface area contributed by atoms with Gasteiger partial charge in [-0.05, 0) is 19.4 Å². The van der Waals surface area contributed by atoms with Gasteiger partial charge in [0, 0.05) is 12.5 Å². The number of Topliss-reactive ketones (excluding diaryl/α,β-unsaturated/α-hetero) is 1. The van der Waals surface area contributed by atoms with Gasteiger partial charge in [0.1, 0.15) is 5.78 Å². The Balaban J connectivity index is 2.54. The van der Waals surface area contributed by atoms with Gasteiger partial charge in [-0.2, -0.15) is 0 Å². The fourth-order valence-electron chi connectivity index (χ4n) is 1.22. The normalized spacial score (nSPS) is 10.0. The Morgan fingerprint density at radius 2 is 2.24 bits per heavy atom. The second-order valence-corrected chi connectivity index (χ2v) is 3.53. The number of ketones is 1. The predicted octanol–water partition coefficient (Wildman–Crippen LogP) is 2.48. The van der Waals surface area contributed by atoms with Crippen LogP contribution in [0.15, 0.2) is 18.2 Å². The molecule has 1 rings (SSSR count). The summed E-state index contributed by atoms with van der Waals surface area (Å²) in [7, 11) is 0. The van der Waals surface area contributed by atoms with E-state index in [1.165, 1.54) is 19.1 Å². The summed E-state index contributed by atoms with van der Waals surface area (Å²) >= 11 is 0. The van der Waals surface area contributed by atoms with Gasteiger partial charge in [0.2, 0.25) is 0 Å². The van der Waals surface area contributed by atoms with Crippen molar-refractivity contribution in [3.05, 3.63) is 34.1 Å². The van der Waals surface area contributed by atoms with Crippen molar-refractivity contribution in [1.29, 1.82) is 0 Å². The van der Waals surface area contributed by atoms with E-state index in [0.29, 0.717) is 12.8 Å². The van der Waals surface area contributed by atoms with Crippen LogP contribution in [0.25, 0.3) is 0 Å². The quantitative estimate of drug-likeness (QED) is 0.436. The summed E-state index contributed by atoms with van der Waals surface area (Å²) < 4.78 is 18.4. The molecule has 92 valence electrons. The molecule has 1 aromatic carbocycles. The van der Waals surface area contributed by atoms with Crippen molar-refractivity contribution >= 4 is 11.5 Å². The van der Waals surface area contributed by atoms with Gasteiger partial charge in [0.15, 0.2) is 11.6 Å². The van der Waals surface area contributed by atoms with Crippen molar-refractivity contribution < 1.29 is 18.8 Å². The topological polar surface area (TPSA) is 69.4 Å². The number of carbonyl (C=O) groups excluding carboxylic acids is 1. The first-order chi connectivity index (χ1) is 8.00. The van der Waals surface area contributed by atoms with E-state index in [2.05, 4.69) is 0 Å². The third-order valence-electron chi connectivity index (χ3n) is 2.06. The lowest BCUT2D eigenvalue weighted by atomic mass is 10.2. The van der Waals surface area contributed by atoms with Crippen LogP contribution in [-0.2, 0) is 4.79 Å². The van der Waals surface area contributed by atoms with Gasteiger partial charge in [0.05, 0.1) is 17.6 Å². The van der Waals surface area contributed by atoms with Crippen molar-refractivity contribution in [2.24, 2.45) is 0 Å². The summed E-state index contributed by atoms with van der Waals surface area (Å²) in [6, 6.07) is 3.19. The first kappa shape index (κ1) is 13.1. The smallest absolute Gasteiger partial charge is 0.272 e. The molecule has 0 aliphatic carbocycles. The fraction of sp³-hybridized carbons (Fsp3) is 0.364. The number of non-ortho nitro benzene ring substituents is 1. The SMILES string of the molecule is CC(=O)CCCOc1ccc([N+](=O)[O-])cc1F. The van der Waals surface area contributed by atoms with Crippen LogP contribution < -0.4 is 4.74 Å². The highest BCUT2D eigenvalue weighted by atomic mass is 19.1. The molecule has 0 amide bonds. The predicted molar refractivity (Wildman–Crippen MR) is 58.5 cm³/mol. The summed E-state index contributed by atoms with van der Waals surface area (Å²) in [6.45, 7) is 1.67. The van der Waals surface area contributed by atoms with E-state index >= 15 is 0 Å². The van der Waals surface area contributed by atoms with Crippen molar-refractivity contribution in [3.8, 4) is 5.75 Å². The molecule has 17 heavy (non-hydrogen) atoms. The van der Waals surface area contributed by atoms with Crippen LogP contribution in [0.1, 0.15) is 19.8 Å². The molecule has 0 radical (unpaired) electrons. The zero-order chi connectivity index (χ0) is 12.8. The molecule has 0 fully saturated rings. The van der Waals surface area contributed by atoms with E-state index in [9.17, 15) is 19.3 Å². The molecule has 0 unspecified atom stereocenters. The van der Waals surface area contributed by atoms with E-state index in [0.717, 1.165) is 6.07 Å². The number of rotatable bonds is 6. The highest BCUT2D eigenvalue weighted by Gasteiger charge is 2.11. The van der Waals surface area contributed by atoms with Gasteiger partial charge >= 0.3 is 0 Å². The molecular weight excluding hydrogens is 229 g/mol. The number of benzene rings is 1. The average molecular weight is 241 g/mol. The van der Waals surface area contributed by atoms with Crippen molar-refractivity contribution in [2.45, 2.75) is 19.8 Å². The minimum absolute atomic E-state index is 0.0396. The van der Waals surface area contributed by atoms with Crippen molar-refractivity contribution in [2.75, 3.05) is 6.61 Å². The molecule has 6 heteroatoms. The Kier molecular flexibility index (Phi) is 4.56. The Bertz CT molecular complexity index is 433. The maximum atomic E-state index is 13.3. The molecule has 0 N–H and O–H groups in total. The Hall–Kier alpha value is -1.98. The lowest BCUT2D eigenvalue weighted by Crippen LogP contribution is -2.02. The molecule has 0 saturated carbocycles. The molecule has 0 aliphatic rings. The average Bonchev–Trinajstić information content (AvgIpc) is 2.25. The van der Waals surface area contributed by atoms with Crippen LogP contribution in [0.3, 0.4) is 0 Å². The zero-order valence-electron chi connectivity index (χ0n) is 9.31. The molecule has 0 bridgehead atoms. The molecule has 0 aromatic heterocycles. The van der Waals surface area contributed by atoms with Gasteiger partial charge in [-0.15, -0.1) is 0 Å². The van der Waals surface area contributed by atoms with Gasteiger partial charge in [-0.1, -0.05) is 0 Å². The monoisotopic (exact) mass is 241 g/mol. The molecule has 1 aromatic rings. The second kappa shape index (κ2) is 5.93. The van der Waals surface area contributed by atoms with Crippen LogP contribution in [-0.4, -0.2) is 17.3 Å². The van der Waals surface area contributed by atoms with Crippen LogP contribution in [0.2, 0.25) is 0 Å². The van der Waals surface area contributed by atoms with Crippen molar-refractivity contribution in [1.82, 2.24) is 0 Å². The molecule has 0 saturated heterocycles. The van der Waals surface area contributed by atoms with Crippen LogP contribution in [0, 0.1) is 15.9 Å². The van der Waals surface area contributed by atoms with Crippen molar-refractivity contribution in [3.63, 3.8) is 0 Å². The number of halogens is 1. The lowest BCUT2D eigenvalue weighted by Gasteiger charge is -2.05. The Morgan fingerprint density at radius 1 is 1.53 bits per heavy atom. The number of nitrogens with zero attached hydrogens (tertiary/aromatic N) is 1. The third kappa shape index (κ3) is 4.18. The number of hydrogen-bond acceptors (Lipinski definition) is 4.